The van der Waals surface area contributed by atoms with Crippen molar-refractivity contribution >= 4 is 68.3 Å². The molecular weight excluding hydrogens is 483 g/mol. The van der Waals surface area contributed by atoms with Crippen LogP contribution in [0.1, 0.15) is 16.7 Å². The molecule has 0 fully saturated rings. The molecule has 2 N–H and O–H groups in total. The maximum atomic E-state index is 12.4. The fourth-order valence-corrected chi connectivity index (χ4v) is 6.06. The lowest BCUT2D eigenvalue weighted by atomic mass is 10.1. The fourth-order valence-electron chi connectivity index (χ4n) is 3.38. The average Bonchev–Trinajstić information content (AvgIpc) is 3.23. The number of rotatable bonds is 9. The first kappa shape index (κ1) is 24.3. The Morgan fingerprint density at radius 1 is 0.882 bits per heavy atom. The summed E-state index contributed by atoms with van der Waals surface area (Å²) in [6.07, 6.45) is 0. The molecule has 8 heteroatoms. The molecule has 3 aromatic carbocycles. The molecule has 1 aromatic heterocycles. The number of thiazole rings is 1. The molecular formula is C26H25N3O2S3. The predicted molar refractivity (Wildman–Crippen MR) is 146 cm³/mol. The van der Waals surface area contributed by atoms with Crippen LogP contribution in [-0.4, -0.2) is 28.3 Å². The van der Waals surface area contributed by atoms with Crippen molar-refractivity contribution in [3.8, 4) is 0 Å². The zero-order valence-corrected chi connectivity index (χ0v) is 21.4. The molecule has 0 spiro atoms. The molecule has 0 saturated carbocycles. The third kappa shape index (κ3) is 6.62. The number of carbonyl (C=O) groups is 2. The Hall–Kier alpha value is -2.81. The Morgan fingerprint density at radius 2 is 1.59 bits per heavy atom. The normalized spacial score (nSPS) is 10.9. The van der Waals surface area contributed by atoms with Gasteiger partial charge >= 0.3 is 0 Å². The topological polar surface area (TPSA) is 71.1 Å². The second kappa shape index (κ2) is 11.6. The van der Waals surface area contributed by atoms with Crippen molar-refractivity contribution in [3.63, 3.8) is 0 Å². The lowest BCUT2D eigenvalue weighted by Gasteiger charge is -2.11. The Kier molecular flexibility index (Phi) is 8.26. The number of nitrogens with zero attached hydrogens (tertiary/aromatic N) is 1. The summed E-state index contributed by atoms with van der Waals surface area (Å²) in [5, 5.41) is 5.87. The summed E-state index contributed by atoms with van der Waals surface area (Å²) >= 11 is 4.63. The standard InChI is InChI=1S/C26H25N3O2S3/c1-17-7-6-8-18(2)25(17)29-24(31)16-32-15-23(30)27-20-11-12-21-22(13-20)34-26(28-21)33-14-19-9-4-3-5-10-19/h3-13H,14-16H2,1-2H3,(H,27,30)(H,29,31). The Balaban J connectivity index is 1.26. The molecule has 2 amide bonds. The maximum Gasteiger partial charge on any atom is 0.234 e. The van der Waals surface area contributed by atoms with Gasteiger partial charge in [0.05, 0.1) is 21.7 Å². The molecule has 4 aromatic rings. The smallest absolute Gasteiger partial charge is 0.234 e. The van der Waals surface area contributed by atoms with E-state index in [0.717, 1.165) is 42.8 Å². The van der Waals surface area contributed by atoms with Gasteiger partial charge in [0.15, 0.2) is 4.34 Å². The summed E-state index contributed by atoms with van der Waals surface area (Å²) in [7, 11) is 0. The molecule has 0 unspecified atom stereocenters. The zero-order chi connectivity index (χ0) is 23.9. The van der Waals surface area contributed by atoms with Crippen LogP contribution in [0.4, 0.5) is 11.4 Å². The van der Waals surface area contributed by atoms with Crippen molar-refractivity contribution in [1.82, 2.24) is 4.98 Å². The van der Waals surface area contributed by atoms with Gasteiger partial charge in [-0.05, 0) is 48.7 Å². The van der Waals surface area contributed by atoms with Crippen LogP contribution in [0.3, 0.4) is 0 Å². The van der Waals surface area contributed by atoms with Crippen molar-refractivity contribution in [1.29, 1.82) is 0 Å². The summed E-state index contributed by atoms with van der Waals surface area (Å²) in [6.45, 7) is 3.93. The van der Waals surface area contributed by atoms with E-state index < -0.39 is 0 Å². The largest absolute Gasteiger partial charge is 0.325 e. The number of fused-ring (bicyclic) bond motifs is 1. The second-order valence-corrected chi connectivity index (χ2v) is 11.0. The number of nitrogens with one attached hydrogen (secondary N) is 2. The van der Waals surface area contributed by atoms with Crippen molar-refractivity contribution in [2.45, 2.75) is 23.9 Å². The van der Waals surface area contributed by atoms with E-state index >= 15 is 0 Å². The summed E-state index contributed by atoms with van der Waals surface area (Å²) in [6, 6.07) is 22.0. The van der Waals surface area contributed by atoms with Gasteiger partial charge in [0.25, 0.3) is 0 Å². The highest BCUT2D eigenvalue weighted by Crippen LogP contribution is 2.33. The van der Waals surface area contributed by atoms with E-state index in [-0.39, 0.29) is 23.3 Å². The molecule has 174 valence electrons. The van der Waals surface area contributed by atoms with Crippen molar-refractivity contribution < 1.29 is 9.59 Å². The van der Waals surface area contributed by atoms with E-state index in [1.165, 1.54) is 17.3 Å². The monoisotopic (exact) mass is 507 g/mol. The van der Waals surface area contributed by atoms with Crippen LogP contribution < -0.4 is 10.6 Å². The molecule has 0 aliphatic rings. The van der Waals surface area contributed by atoms with E-state index in [1.54, 1.807) is 23.1 Å². The van der Waals surface area contributed by atoms with Crippen LogP contribution in [0, 0.1) is 13.8 Å². The maximum absolute atomic E-state index is 12.4. The number of thioether (sulfide) groups is 2. The molecule has 1 heterocycles. The third-order valence-corrected chi connectivity index (χ3v) is 8.23. The molecule has 4 rings (SSSR count). The van der Waals surface area contributed by atoms with Gasteiger partial charge in [0.1, 0.15) is 0 Å². The van der Waals surface area contributed by atoms with Gasteiger partial charge < -0.3 is 10.6 Å². The molecule has 34 heavy (non-hydrogen) atoms. The summed E-state index contributed by atoms with van der Waals surface area (Å²) in [4.78, 5) is 29.3. The molecule has 0 aliphatic heterocycles. The minimum atomic E-state index is -0.132. The highest BCUT2D eigenvalue weighted by Gasteiger charge is 2.11. The van der Waals surface area contributed by atoms with Gasteiger partial charge in [-0.2, -0.15) is 0 Å². The van der Waals surface area contributed by atoms with Crippen molar-refractivity contribution in [2.24, 2.45) is 0 Å². The number of para-hydroxylation sites is 1. The number of benzene rings is 3. The van der Waals surface area contributed by atoms with Crippen molar-refractivity contribution in [2.75, 3.05) is 22.1 Å². The first-order valence-corrected chi connectivity index (χ1v) is 13.7. The molecule has 5 nitrogen and oxygen atoms in total. The first-order valence-electron chi connectivity index (χ1n) is 10.8. The fraction of sp³-hybridized carbons (Fsp3) is 0.192. The number of carbonyl (C=O) groups excluding carboxylic acids is 2. The first-order chi connectivity index (χ1) is 16.5. The van der Waals surface area contributed by atoms with Crippen LogP contribution in [0.15, 0.2) is 71.1 Å². The zero-order valence-electron chi connectivity index (χ0n) is 19.0. The van der Waals surface area contributed by atoms with Crippen LogP contribution in [0.2, 0.25) is 0 Å². The van der Waals surface area contributed by atoms with Crippen LogP contribution >= 0.6 is 34.9 Å². The van der Waals surface area contributed by atoms with Gasteiger partial charge in [0.2, 0.25) is 11.8 Å². The van der Waals surface area contributed by atoms with Gasteiger partial charge in [-0.1, -0.05) is 60.3 Å². The van der Waals surface area contributed by atoms with Crippen LogP contribution in [0.25, 0.3) is 10.2 Å². The van der Waals surface area contributed by atoms with Gasteiger partial charge in [-0.25, -0.2) is 4.98 Å². The highest BCUT2D eigenvalue weighted by molar-refractivity contribution is 8.00. The number of anilines is 2. The number of hydrogen-bond donors (Lipinski definition) is 2. The third-order valence-electron chi connectivity index (χ3n) is 5.07. The number of amides is 2. The van der Waals surface area contributed by atoms with E-state index in [9.17, 15) is 9.59 Å². The SMILES string of the molecule is Cc1cccc(C)c1NC(=O)CSCC(=O)Nc1ccc2nc(SCc3ccccc3)sc2c1. The molecule has 0 bridgehead atoms. The minimum absolute atomic E-state index is 0.109. The lowest BCUT2D eigenvalue weighted by molar-refractivity contribution is -0.114. The van der Waals surface area contributed by atoms with Gasteiger partial charge in [-0.15, -0.1) is 23.1 Å². The Labute approximate surface area is 211 Å². The molecule has 0 radical (unpaired) electrons. The highest BCUT2D eigenvalue weighted by atomic mass is 32.2. The predicted octanol–water partition coefficient (Wildman–Crippen LogP) is 6.52. The van der Waals surface area contributed by atoms with Crippen LogP contribution in [0.5, 0.6) is 0 Å². The van der Waals surface area contributed by atoms with Gasteiger partial charge in [0, 0.05) is 17.1 Å². The average molecular weight is 508 g/mol. The summed E-state index contributed by atoms with van der Waals surface area (Å²) in [5.41, 5.74) is 5.82. The number of aromatic nitrogens is 1. The van der Waals surface area contributed by atoms with E-state index in [0.29, 0.717) is 0 Å². The van der Waals surface area contributed by atoms with E-state index in [1.807, 2.05) is 68.4 Å². The van der Waals surface area contributed by atoms with Crippen molar-refractivity contribution in [3.05, 3.63) is 83.4 Å². The lowest BCUT2D eigenvalue weighted by Crippen LogP contribution is -2.19. The van der Waals surface area contributed by atoms with Gasteiger partial charge in [-0.3, -0.25) is 9.59 Å². The molecule has 0 aliphatic carbocycles. The van der Waals surface area contributed by atoms with E-state index in [2.05, 4.69) is 27.8 Å². The number of aryl methyl sites for hydroxylation is 2. The Morgan fingerprint density at radius 3 is 2.32 bits per heavy atom. The minimum Gasteiger partial charge on any atom is -0.325 e. The van der Waals surface area contributed by atoms with E-state index in [4.69, 9.17) is 0 Å². The van der Waals surface area contributed by atoms with Crippen LogP contribution in [-0.2, 0) is 15.3 Å². The summed E-state index contributed by atoms with van der Waals surface area (Å²) in [5.74, 6) is 1.06. The molecule has 0 atom stereocenters. The quantitative estimate of drug-likeness (QED) is 0.253. The Bertz CT molecular complexity index is 1290. The summed E-state index contributed by atoms with van der Waals surface area (Å²) < 4.78 is 2.04. The molecule has 0 saturated heterocycles. The second-order valence-electron chi connectivity index (χ2n) is 7.79. The number of hydrogen-bond acceptors (Lipinski definition) is 6.